The van der Waals surface area contributed by atoms with Crippen LogP contribution in [0, 0.1) is 11.7 Å². The van der Waals surface area contributed by atoms with Gasteiger partial charge in [-0.05, 0) is 18.2 Å². The molecule has 1 aromatic carbocycles. The van der Waals surface area contributed by atoms with Crippen molar-refractivity contribution >= 4 is 23.1 Å². The average molecular weight is 215 g/mol. The van der Waals surface area contributed by atoms with E-state index in [1.807, 2.05) is 13.8 Å². The minimum absolute atomic E-state index is 0.0911. The number of nitrogens with zero attached hydrogens (tertiary/aromatic N) is 1. The zero-order valence-corrected chi connectivity index (χ0v) is 8.85. The predicted molar refractivity (Wildman–Crippen MR) is 57.5 cm³/mol. The third-order valence-electron chi connectivity index (χ3n) is 1.75. The zero-order chi connectivity index (χ0) is 10.7. The van der Waals surface area contributed by atoms with E-state index in [4.69, 9.17) is 17.3 Å². The lowest BCUT2D eigenvalue weighted by Crippen LogP contribution is -2.18. The van der Waals surface area contributed by atoms with Crippen molar-refractivity contribution in [2.45, 2.75) is 13.8 Å². The van der Waals surface area contributed by atoms with E-state index in [1.54, 1.807) is 0 Å². The van der Waals surface area contributed by atoms with Gasteiger partial charge in [-0.2, -0.15) is 0 Å². The smallest absolute Gasteiger partial charge is 0.148 e. The topological polar surface area (TPSA) is 38.4 Å². The van der Waals surface area contributed by atoms with E-state index in [1.165, 1.54) is 18.2 Å². The van der Waals surface area contributed by atoms with Crippen LogP contribution in [-0.4, -0.2) is 5.84 Å². The Morgan fingerprint density at radius 1 is 1.50 bits per heavy atom. The van der Waals surface area contributed by atoms with Crippen molar-refractivity contribution in [2.75, 3.05) is 0 Å². The molecule has 0 heterocycles. The lowest BCUT2D eigenvalue weighted by atomic mass is 10.2. The molecule has 1 aromatic rings. The monoisotopic (exact) mass is 214 g/mol. The lowest BCUT2D eigenvalue weighted by Gasteiger charge is -2.04. The molecule has 2 N–H and O–H groups in total. The number of hydrogen-bond acceptors (Lipinski definition) is 1. The summed E-state index contributed by atoms with van der Waals surface area (Å²) in [5.74, 6) is 0.0672. The second-order valence-electron chi connectivity index (χ2n) is 3.29. The number of halogens is 2. The molecule has 0 saturated carbocycles. The first kappa shape index (κ1) is 11.0. The molecular formula is C10H12ClFN2. The largest absolute Gasteiger partial charge is 0.387 e. The lowest BCUT2D eigenvalue weighted by molar-refractivity contribution is 0.629. The first-order valence-corrected chi connectivity index (χ1v) is 4.67. The number of nitrogens with two attached hydrogens (primary N) is 1. The van der Waals surface area contributed by atoms with E-state index >= 15 is 0 Å². The molecule has 0 amide bonds. The third-order valence-corrected chi connectivity index (χ3v) is 1.98. The Kier molecular flexibility index (Phi) is 3.47. The molecule has 0 unspecified atom stereocenters. The summed E-state index contributed by atoms with van der Waals surface area (Å²) in [6.07, 6.45) is 0. The molecule has 14 heavy (non-hydrogen) atoms. The molecule has 0 aliphatic carbocycles. The van der Waals surface area contributed by atoms with E-state index in [0.29, 0.717) is 10.9 Å². The Hall–Kier alpha value is -1.09. The summed E-state index contributed by atoms with van der Waals surface area (Å²) in [5, 5.41) is 0.446. The van der Waals surface area contributed by atoms with Crippen LogP contribution < -0.4 is 5.73 Å². The van der Waals surface area contributed by atoms with E-state index in [-0.39, 0.29) is 11.6 Å². The van der Waals surface area contributed by atoms with E-state index in [9.17, 15) is 4.39 Å². The van der Waals surface area contributed by atoms with Crippen LogP contribution >= 0.6 is 11.6 Å². The van der Waals surface area contributed by atoms with Crippen molar-refractivity contribution in [3.05, 3.63) is 29.0 Å². The van der Waals surface area contributed by atoms with Gasteiger partial charge in [0.05, 0.1) is 0 Å². The van der Waals surface area contributed by atoms with Crippen LogP contribution in [0.25, 0.3) is 0 Å². The maximum Gasteiger partial charge on any atom is 0.148 e. The Bertz CT molecular complexity index is 361. The van der Waals surface area contributed by atoms with Crippen LogP contribution in [0.2, 0.25) is 5.02 Å². The number of amidine groups is 1. The molecule has 4 heteroatoms. The highest BCUT2D eigenvalue weighted by atomic mass is 35.5. The van der Waals surface area contributed by atoms with E-state index < -0.39 is 5.82 Å². The van der Waals surface area contributed by atoms with Crippen LogP contribution in [0.15, 0.2) is 23.2 Å². The zero-order valence-electron chi connectivity index (χ0n) is 8.09. The second-order valence-corrected chi connectivity index (χ2v) is 3.72. The van der Waals surface area contributed by atoms with Gasteiger partial charge in [0.1, 0.15) is 17.3 Å². The van der Waals surface area contributed by atoms with Crippen molar-refractivity contribution in [1.82, 2.24) is 0 Å². The molecule has 0 aromatic heterocycles. The first-order chi connectivity index (χ1) is 6.50. The standard InChI is InChI=1S/C10H12ClFN2/c1-6(2)10(13)14-9-5-7(11)3-4-8(9)12/h3-6H,1-2H3,(H2,13,14). The van der Waals surface area contributed by atoms with Crippen molar-refractivity contribution in [1.29, 1.82) is 0 Å². The molecule has 0 spiro atoms. The van der Waals surface area contributed by atoms with Crippen LogP contribution in [0.4, 0.5) is 10.1 Å². The highest BCUT2D eigenvalue weighted by molar-refractivity contribution is 6.30. The van der Waals surface area contributed by atoms with Crippen LogP contribution in [0.3, 0.4) is 0 Å². The summed E-state index contributed by atoms with van der Waals surface area (Å²) in [6, 6.07) is 4.20. The van der Waals surface area contributed by atoms with Crippen molar-refractivity contribution in [2.24, 2.45) is 16.6 Å². The summed E-state index contributed by atoms with van der Waals surface area (Å²) in [6.45, 7) is 3.78. The first-order valence-electron chi connectivity index (χ1n) is 4.30. The molecule has 0 radical (unpaired) electrons. The van der Waals surface area contributed by atoms with E-state index in [0.717, 1.165) is 0 Å². The summed E-state index contributed by atoms with van der Waals surface area (Å²) in [5.41, 5.74) is 5.79. The average Bonchev–Trinajstić information content (AvgIpc) is 2.11. The van der Waals surface area contributed by atoms with Crippen molar-refractivity contribution in [3.63, 3.8) is 0 Å². The van der Waals surface area contributed by atoms with Gasteiger partial charge in [0.25, 0.3) is 0 Å². The van der Waals surface area contributed by atoms with Gasteiger partial charge < -0.3 is 5.73 Å². The Balaban J connectivity index is 3.07. The molecule has 0 saturated heterocycles. The van der Waals surface area contributed by atoms with Crippen molar-refractivity contribution in [3.8, 4) is 0 Å². The van der Waals surface area contributed by atoms with Crippen LogP contribution in [-0.2, 0) is 0 Å². The molecule has 1 rings (SSSR count). The Morgan fingerprint density at radius 2 is 2.14 bits per heavy atom. The van der Waals surface area contributed by atoms with Crippen LogP contribution in [0.1, 0.15) is 13.8 Å². The predicted octanol–water partition coefficient (Wildman–Crippen LogP) is 3.12. The fourth-order valence-electron chi connectivity index (χ4n) is 0.840. The van der Waals surface area contributed by atoms with Gasteiger partial charge in [-0.25, -0.2) is 9.38 Å². The van der Waals surface area contributed by atoms with E-state index in [2.05, 4.69) is 4.99 Å². The van der Waals surface area contributed by atoms with Gasteiger partial charge in [-0.1, -0.05) is 25.4 Å². The molecule has 0 bridgehead atoms. The molecule has 0 aliphatic heterocycles. The van der Waals surface area contributed by atoms with Crippen molar-refractivity contribution < 1.29 is 4.39 Å². The fraction of sp³-hybridized carbons (Fsp3) is 0.300. The molecule has 76 valence electrons. The van der Waals surface area contributed by atoms with Gasteiger partial charge in [0, 0.05) is 10.9 Å². The molecule has 0 aliphatic rings. The molecule has 0 atom stereocenters. The number of benzene rings is 1. The maximum absolute atomic E-state index is 13.2. The van der Waals surface area contributed by atoms with Gasteiger partial charge >= 0.3 is 0 Å². The number of rotatable bonds is 2. The quantitative estimate of drug-likeness (QED) is 0.596. The third kappa shape index (κ3) is 2.70. The highest BCUT2D eigenvalue weighted by Gasteiger charge is 2.04. The second kappa shape index (κ2) is 4.42. The van der Waals surface area contributed by atoms with Gasteiger partial charge in [-0.15, -0.1) is 0 Å². The minimum Gasteiger partial charge on any atom is -0.387 e. The number of hydrogen-bond donors (Lipinski definition) is 1. The summed E-state index contributed by atoms with van der Waals surface area (Å²) >= 11 is 5.70. The fourth-order valence-corrected chi connectivity index (χ4v) is 1.01. The van der Waals surface area contributed by atoms with Gasteiger partial charge in [0.15, 0.2) is 0 Å². The van der Waals surface area contributed by atoms with Crippen LogP contribution in [0.5, 0.6) is 0 Å². The van der Waals surface area contributed by atoms with Gasteiger partial charge in [0.2, 0.25) is 0 Å². The van der Waals surface area contributed by atoms with Gasteiger partial charge in [-0.3, -0.25) is 0 Å². The molecule has 0 fully saturated rings. The minimum atomic E-state index is -0.419. The summed E-state index contributed by atoms with van der Waals surface area (Å²) in [4.78, 5) is 3.95. The molecular weight excluding hydrogens is 203 g/mol. The normalized spacial score (nSPS) is 12.2. The highest BCUT2D eigenvalue weighted by Crippen LogP contribution is 2.22. The SMILES string of the molecule is CC(C)C(N)=Nc1cc(Cl)ccc1F. The Morgan fingerprint density at radius 3 is 2.71 bits per heavy atom. The molecule has 2 nitrogen and oxygen atoms in total. The maximum atomic E-state index is 13.2. The summed E-state index contributed by atoms with van der Waals surface area (Å²) in [7, 11) is 0. The number of aliphatic imine (C=N–C) groups is 1. The summed E-state index contributed by atoms with van der Waals surface area (Å²) < 4.78 is 13.2. The Labute approximate surface area is 87.6 Å².